The molecule has 0 radical (unpaired) electrons. The van der Waals surface area contributed by atoms with Crippen LogP contribution in [0.1, 0.15) is 77.0 Å². The molecule has 8 atom stereocenters. The highest BCUT2D eigenvalue weighted by Gasteiger charge is 2.45. The molecule has 112 valence electrons. The van der Waals surface area contributed by atoms with Gasteiger partial charge in [-0.25, -0.2) is 0 Å². The second-order valence-electron chi connectivity index (χ2n) is 9.33. The number of hydrogen-bond acceptors (Lipinski definition) is 0. The fourth-order valence-corrected chi connectivity index (χ4v) is 5.78. The monoisotopic (exact) mass is 272 g/mol. The maximum Gasteiger partial charge on any atom is -0.0383 e. The van der Waals surface area contributed by atoms with Crippen molar-refractivity contribution < 1.29 is 0 Å². The molecule has 0 N–H and O–H groups in total. The first-order valence-electron chi connectivity index (χ1n) is 9.87. The van der Waals surface area contributed by atoms with Crippen molar-refractivity contribution in [2.75, 3.05) is 0 Å². The van der Waals surface area contributed by atoms with E-state index in [2.05, 4.69) is 0 Å². The summed E-state index contributed by atoms with van der Waals surface area (Å²) < 4.78 is 0. The van der Waals surface area contributed by atoms with Crippen LogP contribution in [0.2, 0.25) is 0 Å². The molecule has 0 amide bonds. The first-order valence-corrected chi connectivity index (χ1v) is 9.87. The topological polar surface area (TPSA) is 0 Å². The lowest BCUT2D eigenvalue weighted by Gasteiger charge is -2.04. The number of fused-ring (bicyclic) bond motifs is 4. The Hall–Kier alpha value is 0. The number of hydrogen-bond donors (Lipinski definition) is 0. The maximum absolute atomic E-state index is 1.60. The first-order chi connectivity index (χ1) is 9.87. The zero-order valence-corrected chi connectivity index (χ0v) is 13.1. The van der Waals surface area contributed by atoms with Crippen LogP contribution in [0.15, 0.2) is 0 Å². The molecule has 6 rings (SSSR count). The van der Waals surface area contributed by atoms with Gasteiger partial charge in [0.15, 0.2) is 0 Å². The van der Waals surface area contributed by atoms with E-state index in [0.29, 0.717) is 0 Å². The summed E-state index contributed by atoms with van der Waals surface area (Å²) in [7, 11) is 0. The third-order valence-corrected chi connectivity index (χ3v) is 7.91. The van der Waals surface area contributed by atoms with E-state index in [0.717, 1.165) is 0 Å². The summed E-state index contributed by atoms with van der Waals surface area (Å²) in [6, 6.07) is 0. The summed E-state index contributed by atoms with van der Waals surface area (Å²) in [5.74, 6) is 9.57. The minimum Gasteiger partial charge on any atom is -0.0499 e. The van der Waals surface area contributed by atoms with E-state index < -0.39 is 0 Å². The van der Waals surface area contributed by atoms with Crippen molar-refractivity contribution in [2.24, 2.45) is 47.3 Å². The molecule has 0 heteroatoms. The van der Waals surface area contributed by atoms with E-state index in [1.54, 1.807) is 77.0 Å². The molecule has 0 spiro atoms. The third-order valence-electron chi connectivity index (χ3n) is 7.91. The average Bonchev–Trinajstić information content (AvgIpc) is 3.19. The fraction of sp³-hybridized carbons (Fsp3) is 1.00. The lowest BCUT2D eigenvalue weighted by atomic mass is 10.0. The van der Waals surface area contributed by atoms with E-state index in [-0.39, 0.29) is 0 Å². The molecule has 0 heterocycles. The smallest absolute Gasteiger partial charge is 0.0383 e. The normalized spacial score (nSPS) is 57.6. The van der Waals surface area contributed by atoms with Crippen LogP contribution in [0.4, 0.5) is 0 Å². The molecule has 0 nitrogen and oxygen atoms in total. The highest BCUT2D eigenvalue weighted by atomic mass is 14.5. The van der Waals surface area contributed by atoms with E-state index in [9.17, 15) is 0 Å². The minimum atomic E-state index is 1.20. The SMILES string of the molecule is C1CC2CC2CCC2CC12.C1CC2CC2CCC2CC12. The highest BCUT2D eigenvalue weighted by molar-refractivity contribution is 4.96. The van der Waals surface area contributed by atoms with Gasteiger partial charge in [-0.3, -0.25) is 0 Å². The molecule has 0 aliphatic heterocycles. The van der Waals surface area contributed by atoms with Gasteiger partial charge in [0.05, 0.1) is 0 Å². The Morgan fingerprint density at radius 2 is 0.400 bits per heavy atom. The standard InChI is InChI=1S/2C10H16/c2*1-2-8-6-10(8)4-3-9-5-7(1)9/h2*7-10H,1-6H2. The Morgan fingerprint density at radius 1 is 0.250 bits per heavy atom. The Bertz CT molecular complexity index is 268. The first kappa shape index (κ1) is 12.5. The van der Waals surface area contributed by atoms with Crippen LogP contribution in [-0.4, -0.2) is 0 Å². The molecule has 6 aliphatic rings. The van der Waals surface area contributed by atoms with Crippen LogP contribution in [-0.2, 0) is 0 Å². The van der Waals surface area contributed by atoms with Crippen molar-refractivity contribution >= 4 is 0 Å². The van der Waals surface area contributed by atoms with Crippen molar-refractivity contribution in [3.8, 4) is 0 Å². The van der Waals surface area contributed by atoms with Gasteiger partial charge >= 0.3 is 0 Å². The summed E-state index contributed by atoms with van der Waals surface area (Å²) in [4.78, 5) is 0. The van der Waals surface area contributed by atoms with E-state index >= 15 is 0 Å². The third kappa shape index (κ3) is 2.69. The zero-order chi connectivity index (χ0) is 13.1. The lowest BCUT2D eigenvalue weighted by Crippen LogP contribution is -1.93. The number of rotatable bonds is 0. The van der Waals surface area contributed by atoms with Crippen molar-refractivity contribution in [3.63, 3.8) is 0 Å². The molecule has 6 saturated carbocycles. The van der Waals surface area contributed by atoms with Crippen LogP contribution in [0.3, 0.4) is 0 Å². The van der Waals surface area contributed by atoms with Gasteiger partial charge in [0.2, 0.25) is 0 Å². The molecular formula is C20H32. The predicted octanol–water partition coefficient (Wildman–Crippen LogP) is 5.67. The molecule has 8 unspecified atom stereocenters. The predicted molar refractivity (Wildman–Crippen MR) is 83.3 cm³/mol. The van der Waals surface area contributed by atoms with Crippen LogP contribution in [0, 0.1) is 47.3 Å². The van der Waals surface area contributed by atoms with Crippen LogP contribution in [0.25, 0.3) is 0 Å². The minimum absolute atomic E-state index is 1.20. The lowest BCUT2D eigenvalue weighted by molar-refractivity contribution is 0.468. The second-order valence-corrected chi connectivity index (χ2v) is 9.33. The molecular weight excluding hydrogens is 240 g/mol. The van der Waals surface area contributed by atoms with Crippen LogP contribution < -0.4 is 0 Å². The Morgan fingerprint density at radius 3 is 0.550 bits per heavy atom. The summed E-state index contributed by atoms with van der Waals surface area (Å²) in [6.45, 7) is 0. The largest absolute Gasteiger partial charge is 0.0499 e. The van der Waals surface area contributed by atoms with E-state index in [1.165, 1.54) is 47.3 Å². The summed E-state index contributed by atoms with van der Waals surface area (Å²) in [6.07, 6.45) is 19.1. The van der Waals surface area contributed by atoms with Crippen LogP contribution >= 0.6 is 0 Å². The Kier molecular flexibility index (Phi) is 2.98. The highest BCUT2D eigenvalue weighted by Crippen LogP contribution is 2.56. The second kappa shape index (κ2) is 4.75. The van der Waals surface area contributed by atoms with Crippen molar-refractivity contribution in [3.05, 3.63) is 0 Å². The van der Waals surface area contributed by atoms with Gasteiger partial charge in [-0.05, 0) is 124 Å². The van der Waals surface area contributed by atoms with Gasteiger partial charge in [-0.15, -0.1) is 0 Å². The molecule has 6 aliphatic carbocycles. The summed E-state index contributed by atoms with van der Waals surface area (Å²) >= 11 is 0. The Balaban J connectivity index is 0.0000000960. The van der Waals surface area contributed by atoms with Gasteiger partial charge in [-0.1, -0.05) is 0 Å². The quantitative estimate of drug-likeness (QED) is 0.533. The fourth-order valence-electron chi connectivity index (χ4n) is 5.78. The van der Waals surface area contributed by atoms with Gasteiger partial charge in [0.1, 0.15) is 0 Å². The summed E-state index contributed by atoms with van der Waals surface area (Å²) in [5, 5.41) is 0. The molecule has 0 aromatic carbocycles. The van der Waals surface area contributed by atoms with Gasteiger partial charge in [0.25, 0.3) is 0 Å². The molecule has 0 bridgehead atoms. The maximum atomic E-state index is 1.60. The zero-order valence-electron chi connectivity index (χ0n) is 13.1. The molecule has 0 aromatic heterocycles. The van der Waals surface area contributed by atoms with Crippen molar-refractivity contribution in [1.82, 2.24) is 0 Å². The molecule has 0 aromatic rings. The van der Waals surface area contributed by atoms with E-state index in [4.69, 9.17) is 0 Å². The van der Waals surface area contributed by atoms with Crippen molar-refractivity contribution in [2.45, 2.75) is 77.0 Å². The van der Waals surface area contributed by atoms with Crippen molar-refractivity contribution in [1.29, 1.82) is 0 Å². The van der Waals surface area contributed by atoms with Gasteiger partial charge < -0.3 is 0 Å². The van der Waals surface area contributed by atoms with Crippen LogP contribution in [0.5, 0.6) is 0 Å². The summed E-state index contributed by atoms with van der Waals surface area (Å²) in [5.41, 5.74) is 0. The van der Waals surface area contributed by atoms with Gasteiger partial charge in [-0.2, -0.15) is 0 Å². The van der Waals surface area contributed by atoms with Gasteiger partial charge in [0, 0.05) is 0 Å². The molecule has 6 fully saturated rings. The average molecular weight is 272 g/mol. The molecule has 0 saturated heterocycles. The van der Waals surface area contributed by atoms with E-state index in [1.807, 2.05) is 0 Å². The molecule has 20 heavy (non-hydrogen) atoms. The Labute approximate surface area is 125 Å².